The van der Waals surface area contributed by atoms with Crippen molar-refractivity contribution in [2.45, 2.75) is 19.8 Å². The van der Waals surface area contributed by atoms with Gasteiger partial charge in [-0.15, -0.1) is 0 Å². The van der Waals surface area contributed by atoms with E-state index in [0.717, 1.165) is 33.8 Å². The van der Waals surface area contributed by atoms with Crippen molar-refractivity contribution in [3.05, 3.63) is 33.9 Å². The fraction of sp³-hybridized carbons (Fsp3) is 0.400. The van der Waals surface area contributed by atoms with E-state index in [0.29, 0.717) is 11.3 Å². The van der Waals surface area contributed by atoms with Gasteiger partial charge in [-0.25, -0.2) is 8.42 Å². The first-order valence-electron chi connectivity index (χ1n) is 6.86. The van der Waals surface area contributed by atoms with Crippen LogP contribution in [0.2, 0.25) is 0 Å². The van der Waals surface area contributed by atoms with Crippen molar-refractivity contribution in [2.24, 2.45) is 5.92 Å². The highest BCUT2D eigenvalue weighted by Gasteiger charge is 2.28. The van der Waals surface area contributed by atoms with E-state index >= 15 is 0 Å². The van der Waals surface area contributed by atoms with Crippen LogP contribution in [0.3, 0.4) is 0 Å². The zero-order chi connectivity index (χ0) is 15.2. The van der Waals surface area contributed by atoms with Crippen molar-refractivity contribution in [2.75, 3.05) is 11.5 Å². The first-order valence-corrected chi connectivity index (χ1v) is 9.48. The van der Waals surface area contributed by atoms with Crippen molar-refractivity contribution in [3.63, 3.8) is 0 Å². The topological polar surface area (TPSA) is 67.0 Å². The van der Waals surface area contributed by atoms with E-state index < -0.39 is 9.84 Å². The molecule has 21 heavy (non-hydrogen) atoms. The van der Waals surface area contributed by atoms with Gasteiger partial charge in [0, 0.05) is 21.6 Å². The van der Waals surface area contributed by atoms with Crippen molar-refractivity contribution in [1.29, 1.82) is 0 Å². The molecule has 2 heterocycles. The second-order valence-corrected chi connectivity index (χ2v) is 8.86. The molecule has 0 aliphatic carbocycles. The molecular formula is C15H16BrNO3S. The minimum atomic E-state index is -2.86. The molecule has 1 atom stereocenters. The number of halogens is 1. The van der Waals surface area contributed by atoms with E-state index in [4.69, 9.17) is 0 Å². The molecule has 1 N–H and O–H groups in total. The molecular weight excluding hydrogens is 354 g/mol. The van der Waals surface area contributed by atoms with Gasteiger partial charge in [0.2, 0.25) is 0 Å². The summed E-state index contributed by atoms with van der Waals surface area (Å²) in [6.45, 7) is 1.55. The van der Waals surface area contributed by atoms with Crippen molar-refractivity contribution in [1.82, 2.24) is 4.98 Å². The zero-order valence-corrected chi connectivity index (χ0v) is 14.1. The summed E-state index contributed by atoms with van der Waals surface area (Å²) in [5.74, 6) is 0.752. The minimum absolute atomic E-state index is 0.0122. The fourth-order valence-corrected chi connectivity index (χ4v) is 5.36. The molecule has 1 fully saturated rings. The summed E-state index contributed by atoms with van der Waals surface area (Å²) in [6.07, 6.45) is 3.35. The van der Waals surface area contributed by atoms with Crippen LogP contribution >= 0.6 is 15.9 Å². The quantitative estimate of drug-likeness (QED) is 0.845. The van der Waals surface area contributed by atoms with Crippen LogP contribution in [-0.2, 0) is 16.3 Å². The number of H-pyrrole nitrogens is 1. The average molecular weight is 370 g/mol. The Hall–Kier alpha value is -1.14. The van der Waals surface area contributed by atoms with Crippen molar-refractivity contribution < 1.29 is 13.2 Å². The maximum absolute atomic E-state index is 11.7. The molecule has 1 aromatic heterocycles. The molecule has 1 aromatic carbocycles. The number of hydrogen-bond acceptors (Lipinski definition) is 3. The Kier molecular flexibility index (Phi) is 3.69. The molecule has 4 nitrogen and oxygen atoms in total. The van der Waals surface area contributed by atoms with Gasteiger partial charge in [-0.2, -0.15) is 0 Å². The zero-order valence-electron chi connectivity index (χ0n) is 11.6. The Morgan fingerprint density at radius 3 is 2.81 bits per heavy atom. The number of carbonyl (C=O) groups excluding carboxylic acids is 1. The third-order valence-electron chi connectivity index (χ3n) is 4.05. The highest BCUT2D eigenvalue weighted by Crippen LogP contribution is 2.30. The number of hydrogen-bond donors (Lipinski definition) is 1. The van der Waals surface area contributed by atoms with Gasteiger partial charge in [0.25, 0.3) is 0 Å². The van der Waals surface area contributed by atoms with Gasteiger partial charge in [-0.3, -0.25) is 4.79 Å². The molecule has 1 saturated heterocycles. The predicted octanol–water partition coefficient (Wildman–Crippen LogP) is 3.11. The molecule has 0 saturated carbocycles. The molecule has 1 unspecified atom stereocenters. The summed E-state index contributed by atoms with van der Waals surface area (Å²) >= 11 is 3.44. The molecule has 3 rings (SSSR count). The molecule has 0 bridgehead atoms. The van der Waals surface area contributed by atoms with Gasteiger partial charge in [0.1, 0.15) is 0 Å². The number of ketones is 1. The summed E-state index contributed by atoms with van der Waals surface area (Å²) < 4.78 is 24.0. The lowest BCUT2D eigenvalue weighted by Gasteiger charge is -2.07. The first-order chi connectivity index (χ1) is 9.85. The number of benzene rings is 1. The Bertz CT molecular complexity index is 823. The predicted molar refractivity (Wildman–Crippen MR) is 86.5 cm³/mol. The lowest BCUT2D eigenvalue weighted by Crippen LogP contribution is -2.07. The number of nitrogens with one attached hydrogen (secondary N) is 1. The van der Waals surface area contributed by atoms with E-state index in [9.17, 15) is 13.2 Å². The van der Waals surface area contributed by atoms with E-state index in [1.807, 2.05) is 18.3 Å². The Labute approximate surface area is 132 Å². The SMILES string of the molecule is CC(=O)c1cc(Br)cc2c(CC3CCS(=O)(=O)C3)c[nH]c12. The molecule has 1 aliphatic heterocycles. The Morgan fingerprint density at radius 1 is 1.43 bits per heavy atom. The van der Waals surface area contributed by atoms with Crippen LogP contribution in [0.1, 0.15) is 29.3 Å². The molecule has 1 aliphatic rings. The smallest absolute Gasteiger partial charge is 0.161 e. The number of aromatic nitrogens is 1. The highest BCUT2D eigenvalue weighted by molar-refractivity contribution is 9.10. The van der Waals surface area contributed by atoms with Gasteiger partial charge in [0.15, 0.2) is 15.6 Å². The lowest BCUT2D eigenvalue weighted by molar-refractivity contribution is 0.101. The standard InChI is InChI=1S/C15H16BrNO3S/c1-9(18)13-5-12(16)6-14-11(7-17-15(13)14)4-10-2-3-21(19,20)8-10/h5-7,10,17H,2-4,8H2,1H3. The van der Waals surface area contributed by atoms with Gasteiger partial charge < -0.3 is 4.98 Å². The van der Waals surface area contributed by atoms with Crippen LogP contribution in [-0.4, -0.2) is 30.7 Å². The third-order valence-corrected chi connectivity index (χ3v) is 6.35. The molecule has 112 valence electrons. The highest BCUT2D eigenvalue weighted by atomic mass is 79.9. The van der Waals surface area contributed by atoms with E-state index in [1.54, 1.807) is 6.92 Å². The number of aromatic amines is 1. The third kappa shape index (κ3) is 2.92. The van der Waals surface area contributed by atoms with Crippen LogP contribution in [0.5, 0.6) is 0 Å². The van der Waals surface area contributed by atoms with Crippen molar-refractivity contribution >= 4 is 42.5 Å². The molecule has 0 spiro atoms. The van der Waals surface area contributed by atoms with Gasteiger partial charge in [0.05, 0.1) is 17.0 Å². The van der Waals surface area contributed by atoms with Crippen LogP contribution < -0.4 is 0 Å². The van der Waals surface area contributed by atoms with Crippen LogP contribution in [0.25, 0.3) is 10.9 Å². The lowest BCUT2D eigenvalue weighted by atomic mass is 9.97. The maximum Gasteiger partial charge on any atom is 0.161 e. The van der Waals surface area contributed by atoms with E-state index in [2.05, 4.69) is 20.9 Å². The first kappa shape index (κ1) is 14.8. The number of sulfone groups is 1. The molecule has 0 radical (unpaired) electrons. The summed E-state index contributed by atoms with van der Waals surface area (Å²) in [7, 11) is -2.86. The van der Waals surface area contributed by atoms with Gasteiger partial charge in [-0.1, -0.05) is 15.9 Å². The van der Waals surface area contributed by atoms with Gasteiger partial charge in [-0.05, 0) is 43.4 Å². The fourth-order valence-electron chi connectivity index (χ4n) is 3.04. The van der Waals surface area contributed by atoms with E-state index in [1.165, 1.54) is 0 Å². The van der Waals surface area contributed by atoms with Gasteiger partial charge >= 0.3 is 0 Å². The van der Waals surface area contributed by atoms with Crippen LogP contribution in [0.15, 0.2) is 22.8 Å². The minimum Gasteiger partial charge on any atom is -0.360 e. The maximum atomic E-state index is 11.7. The number of rotatable bonds is 3. The summed E-state index contributed by atoms with van der Waals surface area (Å²) in [5, 5.41) is 0.999. The monoisotopic (exact) mass is 369 g/mol. The van der Waals surface area contributed by atoms with Crippen LogP contribution in [0, 0.1) is 5.92 Å². The second kappa shape index (κ2) is 5.25. The summed E-state index contributed by atoms with van der Waals surface area (Å²) in [6, 6.07) is 3.79. The normalized spacial score (nSPS) is 21.0. The molecule has 2 aromatic rings. The molecule has 0 amide bonds. The number of carbonyl (C=O) groups is 1. The second-order valence-electron chi connectivity index (χ2n) is 5.72. The Balaban J connectivity index is 1.99. The number of Topliss-reactive ketones (excluding diaryl/α,β-unsaturated/α-hetero) is 1. The largest absolute Gasteiger partial charge is 0.360 e. The summed E-state index contributed by atoms with van der Waals surface area (Å²) in [5.41, 5.74) is 2.57. The van der Waals surface area contributed by atoms with Crippen molar-refractivity contribution in [3.8, 4) is 0 Å². The number of fused-ring (bicyclic) bond motifs is 1. The molecule has 6 heteroatoms. The Morgan fingerprint density at radius 2 is 2.19 bits per heavy atom. The average Bonchev–Trinajstić information content (AvgIpc) is 2.93. The van der Waals surface area contributed by atoms with Crippen LogP contribution in [0.4, 0.5) is 0 Å². The van der Waals surface area contributed by atoms with E-state index in [-0.39, 0.29) is 17.5 Å². The summed E-state index contributed by atoms with van der Waals surface area (Å²) in [4.78, 5) is 14.9.